The van der Waals surface area contributed by atoms with E-state index >= 15 is 0 Å². The molecule has 3 aromatic rings. The highest BCUT2D eigenvalue weighted by Gasteiger charge is 2.16. The van der Waals surface area contributed by atoms with Gasteiger partial charge >= 0.3 is 11.9 Å². The van der Waals surface area contributed by atoms with Crippen molar-refractivity contribution in [2.45, 2.75) is 32.6 Å². The molecule has 0 atom stereocenters. The Hall–Kier alpha value is -3.74. The Morgan fingerprint density at radius 2 is 1.43 bits per heavy atom. The maximum absolute atomic E-state index is 12.3. The summed E-state index contributed by atoms with van der Waals surface area (Å²) in [6.07, 6.45) is 4.61. The Bertz CT molecular complexity index is 1240. The fourth-order valence-electron chi connectivity index (χ4n) is 3.55. The molecule has 0 aromatic heterocycles. The van der Waals surface area contributed by atoms with Gasteiger partial charge in [0.05, 0.1) is 24.4 Å². The van der Waals surface area contributed by atoms with Crippen molar-refractivity contribution in [1.29, 1.82) is 0 Å². The predicted octanol–water partition coefficient (Wildman–Crippen LogP) is 5.15. The van der Waals surface area contributed by atoms with Crippen LogP contribution in [0.4, 0.5) is 0 Å². The Balaban J connectivity index is 1.98. The zero-order chi connectivity index (χ0) is 25.4. The second-order valence-electron chi connectivity index (χ2n) is 8.31. The number of hydrogen-bond donors (Lipinski definition) is 2. The summed E-state index contributed by atoms with van der Waals surface area (Å²) in [5, 5.41) is 19.6. The third kappa shape index (κ3) is 6.66. The van der Waals surface area contributed by atoms with Crippen LogP contribution in [0.5, 0.6) is 11.5 Å². The first-order valence-corrected chi connectivity index (χ1v) is 11.5. The van der Waals surface area contributed by atoms with Gasteiger partial charge in [0.1, 0.15) is 11.5 Å². The van der Waals surface area contributed by atoms with E-state index in [1.54, 1.807) is 6.07 Å². The zero-order valence-corrected chi connectivity index (χ0v) is 19.9. The minimum Gasteiger partial charge on any atom is -0.423 e. The molecule has 0 unspecified atom stereocenters. The van der Waals surface area contributed by atoms with Gasteiger partial charge < -0.3 is 19.7 Å². The number of benzene rings is 3. The molecular weight excluding hydrogens is 444 g/mol. The van der Waals surface area contributed by atoms with Crippen molar-refractivity contribution < 1.29 is 29.3 Å². The van der Waals surface area contributed by atoms with Crippen molar-refractivity contribution in [3.05, 3.63) is 84.5 Å². The molecule has 6 heteroatoms. The Morgan fingerprint density at radius 1 is 0.800 bits per heavy atom. The average Bonchev–Trinajstić information content (AvgIpc) is 2.87. The van der Waals surface area contributed by atoms with Crippen LogP contribution in [0, 0.1) is 0 Å². The van der Waals surface area contributed by atoms with E-state index in [1.165, 1.54) is 30.9 Å². The molecule has 3 rings (SSSR count). The molecule has 0 aliphatic carbocycles. The number of esters is 2. The first kappa shape index (κ1) is 25.9. The summed E-state index contributed by atoms with van der Waals surface area (Å²) in [6.45, 7) is 8.07. The van der Waals surface area contributed by atoms with Crippen molar-refractivity contribution in [3.63, 3.8) is 0 Å². The summed E-state index contributed by atoms with van der Waals surface area (Å²) in [6, 6.07) is 17.1. The molecule has 0 bridgehead atoms. The standard InChI is InChI=1S/C29H30O6/c1-4-5-6-7-21-8-10-22(11-9-21)23-12-13-26-24(14-23)15-25(34-28(32)19(2)17-30)16-27(26)35-29(33)20(3)18-31/h8-16,30-31H,2-7,17-18H2,1H3. The molecule has 0 saturated carbocycles. The van der Waals surface area contributed by atoms with E-state index in [4.69, 9.17) is 14.6 Å². The average molecular weight is 475 g/mol. The van der Waals surface area contributed by atoms with E-state index < -0.39 is 25.2 Å². The summed E-state index contributed by atoms with van der Waals surface area (Å²) < 4.78 is 10.8. The Labute approximate surface area is 205 Å². The van der Waals surface area contributed by atoms with Gasteiger partial charge in [-0.15, -0.1) is 0 Å². The highest BCUT2D eigenvalue weighted by atomic mass is 16.5. The van der Waals surface area contributed by atoms with Crippen LogP contribution in [0.3, 0.4) is 0 Å². The summed E-state index contributed by atoms with van der Waals surface area (Å²) in [5.41, 5.74) is 3.04. The van der Waals surface area contributed by atoms with Crippen molar-refractivity contribution in [2.24, 2.45) is 0 Å². The molecule has 0 spiro atoms. The van der Waals surface area contributed by atoms with Crippen molar-refractivity contribution in [1.82, 2.24) is 0 Å². The van der Waals surface area contributed by atoms with Gasteiger partial charge in [0, 0.05) is 11.5 Å². The van der Waals surface area contributed by atoms with Crippen molar-refractivity contribution in [3.8, 4) is 22.6 Å². The third-order valence-electron chi connectivity index (χ3n) is 5.62. The van der Waals surface area contributed by atoms with E-state index in [0.29, 0.717) is 10.8 Å². The van der Waals surface area contributed by atoms with Crippen molar-refractivity contribution >= 4 is 22.7 Å². The Kier molecular flexibility index (Phi) is 8.95. The van der Waals surface area contributed by atoms with Crippen LogP contribution in [0.1, 0.15) is 31.7 Å². The van der Waals surface area contributed by atoms with Crippen LogP contribution in [-0.2, 0) is 16.0 Å². The lowest BCUT2D eigenvalue weighted by molar-refractivity contribution is -0.131. The van der Waals surface area contributed by atoms with E-state index in [-0.39, 0.29) is 22.6 Å². The summed E-state index contributed by atoms with van der Waals surface area (Å²) in [4.78, 5) is 24.4. The van der Waals surface area contributed by atoms with Gasteiger partial charge in [-0.05, 0) is 47.1 Å². The number of hydrogen-bond acceptors (Lipinski definition) is 6. The molecule has 0 heterocycles. The van der Waals surface area contributed by atoms with Gasteiger partial charge in [-0.25, -0.2) is 9.59 Å². The number of aliphatic hydroxyl groups excluding tert-OH is 2. The van der Waals surface area contributed by atoms with Crippen LogP contribution in [0.15, 0.2) is 78.9 Å². The highest BCUT2D eigenvalue weighted by molar-refractivity contribution is 5.98. The van der Waals surface area contributed by atoms with Crippen LogP contribution >= 0.6 is 0 Å². The van der Waals surface area contributed by atoms with E-state index in [2.05, 4.69) is 44.3 Å². The summed E-state index contributed by atoms with van der Waals surface area (Å²) in [5.74, 6) is -1.31. The second kappa shape index (κ2) is 12.1. The predicted molar refractivity (Wildman–Crippen MR) is 136 cm³/mol. The number of ether oxygens (including phenoxy) is 2. The largest absolute Gasteiger partial charge is 0.423 e. The molecule has 0 aliphatic heterocycles. The zero-order valence-electron chi connectivity index (χ0n) is 19.9. The second-order valence-corrected chi connectivity index (χ2v) is 8.31. The minimum atomic E-state index is -0.793. The molecule has 2 N–H and O–H groups in total. The third-order valence-corrected chi connectivity index (χ3v) is 5.62. The first-order valence-electron chi connectivity index (χ1n) is 11.5. The number of carbonyl (C=O) groups excluding carboxylic acids is 2. The monoisotopic (exact) mass is 474 g/mol. The molecule has 0 saturated heterocycles. The number of fused-ring (bicyclic) bond motifs is 1. The molecule has 3 aromatic carbocycles. The molecule has 0 aliphatic rings. The van der Waals surface area contributed by atoms with Gasteiger partial charge in [-0.2, -0.15) is 0 Å². The van der Waals surface area contributed by atoms with E-state index in [1.807, 2.05) is 18.2 Å². The van der Waals surface area contributed by atoms with E-state index in [0.717, 1.165) is 17.5 Å². The maximum atomic E-state index is 12.3. The van der Waals surface area contributed by atoms with Crippen LogP contribution in [0.2, 0.25) is 0 Å². The lowest BCUT2D eigenvalue weighted by Gasteiger charge is -2.13. The lowest BCUT2D eigenvalue weighted by Crippen LogP contribution is -2.14. The maximum Gasteiger partial charge on any atom is 0.341 e. The smallest absolute Gasteiger partial charge is 0.341 e. The van der Waals surface area contributed by atoms with Gasteiger partial charge in [0.25, 0.3) is 0 Å². The first-order chi connectivity index (χ1) is 16.9. The molecular formula is C29H30O6. The molecule has 0 radical (unpaired) electrons. The quantitative estimate of drug-likeness (QED) is 0.173. The van der Waals surface area contributed by atoms with Crippen LogP contribution in [0.25, 0.3) is 21.9 Å². The van der Waals surface area contributed by atoms with Crippen LogP contribution in [-0.4, -0.2) is 35.4 Å². The lowest BCUT2D eigenvalue weighted by atomic mass is 9.98. The molecule has 6 nitrogen and oxygen atoms in total. The highest BCUT2D eigenvalue weighted by Crippen LogP contribution is 2.35. The van der Waals surface area contributed by atoms with Crippen molar-refractivity contribution in [2.75, 3.05) is 13.2 Å². The minimum absolute atomic E-state index is 0.106. The Morgan fingerprint density at radius 3 is 2.06 bits per heavy atom. The topological polar surface area (TPSA) is 93.1 Å². The number of aryl methyl sites for hydroxylation is 1. The number of aliphatic hydroxyl groups is 2. The SMILES string of the molecule is C=C(CO)C(=O)Oc1cc(OC(=O)C(=C)CO)c2ccc(-c3ccc(CCCCC)cc3)cc2c1. The number of carbonyl (C=O) groups is 2. The molecule has 182 valence electrons. The van der Waals surface area contributed by atoms with Crippen LogP contribution < -0.4 is 9.47 Å². The van der Waals surface area contributed by atoms with Gasteiger partial charge in [-0.3, -0.25) is 0 Å². The fourth-order valence-corrected chi connectivity index (χ4v) is 3.55. The number of rotatable bonds is 11. The molecule has 35 heavy (non-hydrogen) atoms. The van der Waals surface area contributed by atoms with Gasteiger partial charge in [0.2, 0.25) is 0 Å². The molecule has 0 amide bonds. The van der Waals surface area contributed by atoms with Gasteiger partial charge in [0.15, 0.2) is 0 Å². The summed E-state index contributed by atoms with van der Waals surface area (Å²) >= 11 is 0. The van der Waals surface area contributed by atoms with Gasteiger partial charge in [-0.1, -0.05) is 69.3 Å². The number of unbranched alkanes of at least 4 members (excludes halogenated alkanes) is 2. The summed E-state index contributed by atoms with van der Waals surface area (Å²) in [7, 11) is 0. The van der Waals surface area contributed by atoms with E-state index in [9.17, 15) is 14.7 Å². The normalized spacial score (nSPS) is 10.7. The fraction of sp³-hybridized carbons (Fsp3) is 0.241. The molecule has 0 fully saturated rings.